The summed E-state index contributed by atoms with van der Waals surface area (Å²) in [5.74, 6) is -2.40. The van der Waals surface area contributed by atoms with Crippen LogP contribution in [0.25, 0.3) is 0 Å². The Labute approximate surface area is 211 Å². The molecule has 37 heavy (non-hydrogen) atoms. The summed E-state index contributed by atoms with van der Waals surface area (Å²) in [5, 5.41) is 10.9. The van der Waals surface area contributed by atoms with E-state index in [-0.39, 0.29) is 0 Å². The number of phosphoric acid groups is 1. The van der Waals surface area contributed by atoms with Gasteiger partial charge in [-0.25, -0.2) is 22.8 Å². The Bertz CT molecular complexity index is 1090. The van der Waals surface area contributed by atoms with Crippen molar-refractivity contribution in [3.8, 4) is 0 Å². The summed E-state index contributed by atoms with van der Waals surface area (Å²) in [5.41, 5.74) is -5.37. The molecule has 0 spiro atoms. The first-order valence-electron chi connectivity index (χ1n) is 11.3. The lowest BCUT2D eigenvalue weighted by molar-refractivity contribution is -0.159. The van der Waals surface area contributed by atoms with E-state index < -0.39 is 93.6 Å². The predicted octanol–water partition coefficient (Wildman–Crippen LogP) is 1.39. The predicted molar refractivity (Wildman–Crippen MR) is 123 cm³/mol. The van der Waals surface area contributed by atoms with Gasteiger partial charge in [0, 0.05) is 18.7 Å². The maximum Gasteiger partial charge on any atom is 0.480 e. The second-order valence-corrected chi connectivity index (χ2v) is 11.0. The average Bonchev–Trinajstić information content (AvgIpc) is 3.08. The highest BCUT2D eigenvalue weighted by atomic mass is 31.2. The largest absolute Gasteiger partial charge is 0.480 e. The Morgan fingerprint density at radius 3 is 2.16 bits per heavy atom. The maximum atomic E-state index is 14.2. The van der Waals surface area contributed by atoms with E-state index in [0.717, 1.165) is 16.8 Å². The molecule has 16 heteroatoms. The molecule has 2 rings (SSSR count). The fourth-order valence-corrected chi connectivity index (χ4v) is 4.24. The Hall–Kier alpha value is -2.42. The summed E-state index contributed by atoms with van der Waals surface area (Å²) in [6.07, 6.45) is -0.813. The van der Waals surface area contributed by atoms with Crippen LogP contribution >= 0.6 is 7.82 Å². The molecule has 0 aromatic carbocycles. The van der Waals surface area contributed by atoms with E-state index in [0.29, 0.717) is 0 Å². The molecule has 1 aliphatic heterocycles. The summed E-state index contributed by atoms with van der Waals surface area (Å²) in [6, 6.07) is 1.01. The molecule has 210 valence electrons. The number of carbonyl (C=O) groups is 2. The van der Waals surface area contributed by atoms with Gasteiger partial charge in [0.15, 0.2) is 6.23 Å². The minimum absolute atomic E-state index is 0.433. The highest BCUT2D eigenvalue weighted by Gasteiger charge is 2.55. The van der Waals surface area contributed by atoms with Crippen molar-refractivity contribution in [1.82, 2.24) is 9.55 Å². The third-order valence-corrected chi connectivity index (χ3v) is 6.46. The number of hydrogen-bond acceptors (Lipinski definition) is 12. The van der Waals surface area contributed by atoms with Crippen LogP contribution in [-0.4, -0.2) is 64.7 Å². The Kier molecular flexibility index (Phi) is 10.3. The molecule has 1 aromatic heterocycles. The molecular weight excluding hydrogens is 522 g/mol. The molecule has 1 saturated heterocycles. The molecule has 3 unspecified atom stereocenters. The number of aromatic nitrogens is 2. The monoisotopic (exact) mass is 554 g/mol. The zero-order valence-corrected chi connectivity index (χ0v) is 22.0. The molecule has 0 bridgehead atoms. The maximum absolute atomic E-state index is 14.2. The minimum Gasteiger partial charge on any atom is -0.438 e. The molecule has 3 atom stereocenters. The van der Waals surface area contributed by atoms with Gasteiger partial charge in [-0.2, -0.15) is 0 Å². The van der Waals surface area contributed by atoms with Gasteiger partial charge >= 0.3 is 25.5 Å². The van der Waals surface area contributed by atoms with E-state index in [1.165, 1.54) is 6.92 Å². The smallest absolute Gasteiger partial charge is 0.438 e. The molecule has 0 saturated carbocycles. The number of ether oxygens (including phenoxy) is 3. The molecule has 0 radical (unpaired) electrons. The number of rotatable bonds is 13. The highest BCUT2D eigenvalue weighted by molar-refractivity contribution is 7.48. The first-order chi connectivity index (χ1) is 17.1. The van der Waals surface area contributed by atoms with Gasteiger partial charge in [0.2, 0.25) is 13.6 Å². The number of phosphoric ester groups is 1. The number of halogens is 1. The standard InChI is InChI=1S/C21H32FN2O12P/c1-13(2)16(26)31-11-34-37(30,35-12-32-17(27)14(3)4)33-10-21(9-22)8-20(5,29)18(36-21)24-7-6-15(25)23-19(24)28/h6-7,13-14,18,29H,8-12H2,1-5H3,(H,23,25,28). The summed E-state index contributed by atoms with van der Waals surface area (Å²) in [6.45, 7) is 3.70. The topological polar surface area (TPSA) is 182 Å². The number of nitrogens with one attached hydrogen (secondary N) is 1. The van der Waals surface area contributed by atoms with Gasteiger partial charge in [0.1, 0.15) is 17.9 Å². The van der Waals surface area contributed by atoms with Crippen molar-refractivity contribution in [2.45, 2.75) is 58.5 Å². The summed E-state index contributed by atoms with van der Waals surface area (Å²) >= 11 is 0. The van der Waals surface area contributed by atoms with Crippen LogP contribution in [0.5, 0.6) is 0 Å². The molecule has 1 fully saturated rings. The van der Waals surface area contributed by atoms with Gasteiger partial charge < -0.3 is 19.3 Å². The number of H-pyrrole nitrogens is 1. The number of hydrogen-bond donors (Lipinski definition) is 2. The quantitative estimate of drug-likeness (QED) is 0.203. The SMILES string of the molecule is CC(C)C(=O)OCOP(=O)(OCOC(=O)C(C)C)OCC1(CF)CC(C)(O)C(n2ccc(=O)[nH]c2=O)O1. The first-order valence-corrected chi connectivity index (χ1v) is 12.7. The fourth-order valence-electron chi connectivity index (χ4n) is 3.26. The van der Waals surface area contributed by atoms with Gasteiger partial charge in [0.05, 0.1) is 18.4 Å². The molecule has 0 aliphatic carbocycles. The molecule has 1 aromatic rings. The molecule has 14 nitrogen and oxygen atoms in total. The van der Waals surface area contributed by atoms with Crippen molar-refractivity contribution >= 4 is 19.8 Å². The first kappa shape index (κ1) is 30.8. The Balaban J connectivity index is 2.19. The van der Waals surface area contributed by atoms with Gasteiger partial charge in [-0.3, -0.25) is 28.5 Å². The number of nitrogens with zero attached hydrogens (tertiary/aromatic N) is 1. The van der Waals surface area contributed by atoms with Gasteiger partial charge in [-0.1, -0.05) is 27.7 Å². The lowest BCUT2D eigenvalue weighted by Gasteiger charge is -2.27. The van der Waals surface area contributed by atoms with Crippen molar-refractivity contribution in [3.63, 3.8) is 0 Å². The van der Waals surface area contributed by atoms with Crippen LogP contribution in [-0.2, 0) is 41.9 Å². The lowest BCUT2D eigenvalue weighted by atomic mass is 9.92. The third kappa shape index (κ3) is 8.28. The van der Waals surface area contributed by atoms with Crippen LogP contribution in [0.2, 0.25) is 0 Å². The average molecular weight is 554 g/mol. The highest BCUT2D eigenvalue weighted by Crippen LogP contribution is 2.52. The van der Waals surface area contributed by atoms with Crippen molar-refractivity contribution in [1.29, 1.82) is 0 Å². The lowest BCUT2D eigenvalue weighted by Crippen LogP contribution is -2.40. The van der Waals surface area contributed by atoms with Crippen LogP contribution in [0.4, 0.5) is 4.39 Å². The van der Waals surface area contributed by atoms with Crippen LogP contribution in [0.1, 0.15) is 47.3 Å². The van der Waals surface area contributed by atoms with E-state index in [1.807, 2.05) is 4.98 Å². The van der Waals surface area contributed by atoms with E-state index in [1.54, 1.807) is 27.7 Å². The fraction of sp³-hybridized carbons (Fsp3) is 0.714. The minimum atomic E-state index is -4.65. The Morgan fingerprint density at radius 2 is 1.70 bits per heavy atom. The zero-order chi connectivity index (χ0) is 28.0. The second kappa shape index (κ2) is 12.4. The third-order valence-electron chi connectivity index (χ3n) is 5.17. The van der Waals surface area contributed by atoms with Crippen LogP contribution in [0, 0.1) is 11.8 Å². The molecular formula is C21H32FN2O12P. The van der Waals surface area contributed by atoms with E-state index in [2.05, 4.69) is 0 Å². The number of aliphatic hydroxyl groups is 1. The number of esters is 2. The van der Waals surface area contributed by atoms with Crippen LogP contribution in [0.15, 0.2) is 21.9 Å². The number of aromatic amines is 1. The van der Waals surface area contributed by atoms with Crippen molar-refractivity contribution in [2.24, 2.45) is 11.8 Å². The summed E-state index contributed by atoms with van der Waals surface area (Å²) < 4.78 is 58.7. The normalized spacial score (nSPS) is 24.0. The number of carbonyl (C=O) groups excluding carboxylic acids is 2. The van der Waals surface area contributed by atoms with E-state index >= 15 is 0 Å². The van der Waals surface area contributed by atoms with Gasteiger partial charge in [-0.15, -0.1) is 0 Å². The molecule has 1 aliphatic rings. The van der Waals surface area contributed by atoms with Crippen LogP contribution in [0.3, 0.4) is 0 Å². The molecule has 0 amide bonds. The summed E-state index contributed by atoms with van der Waals surface area (Å²) in [7, 11) is -4.65. The van der Waals surface area contributed by atoms with Crippen LogP contribution < -0.4 is 11.2 Å². The summed E-state index contributed by atoms with van der Waals surface area (Å²) in [4.78, 5) is 48.9. The van der Waals surface area contributed by atoms with Crippen molar-refractivity contribution < 1.29 is 51.4 Å². The van der Waals surface area contributed by atoms with Crippen molar-refractivity contribution in [3.05, 3.63) is 33.1 Å². The Morgan fingerprint density at radius 1 is 1.16 bits per heavy atom. The van der Waals surface area contributed by atoms with E-state index in [4.69, 9.17) is 27.8 Å². The van der Waals surface area contributed by atoms with Gasteiger partial charge in [-0.05, 0) is 6.92 Å². The molecule has 2 heterocycles. The van der Waals surface area contributed by atoms with Gasteiger partial charge in [0.25, 0.3) is 5.56 Å². The van der Waals surface area contributed by atoms with Crippen molar-refractivity contribution in [2.75, 3.05) is 26.9 Å². The zero-order valence-electron chi connectivity index (χ0n) is 21.1. The second-order valence-electron chi connectivity index (χ2n) is 9.29. The van der Waals surface area contributed by atoms with E-state index in [9.17, 15) is 33.2 Å². The molecule has 2 N–H and O–H groups in total. The number of alkyl halides is 1.